The first kappa shape index (κ1) is 19.7. The maximum Gasteiger partial charge on any atom is 0.328 e. The van der Waals surface area contributed by atoms with Crippen molar-refractivity contribution in [1.29, 1.82) is 0 Å². The van der Waals surface area contributed by atoms with Gasteiger partial charge in [0, 0.05) is 5.41 Å². The average molecular weight is 448 g/mol. The van der Waals surface area contributed by atoms with E-state index in [4.69, 9.17) is 55.5 Å². The van der Waals surface area contributed by atoms with Gasteiger partial charge >= 0.3 is 13.4 Å². The van der Waals surface area contributed by atoms with Crippen molar-refractivity contribution in [3.8, 4) is 0 Å². The van der Waals surface area contributed by atoms with E-state index in [1.54, 1.807) is 11.8 Å². The highest BCUT2D eigenvalue weighted by molar-refractivity contribution is 8.08. The summed E-state index contributed by atoms with van der Waals surface area (Å²) in [5, 5.41) is 0. The molecule has 0 aliphatic carbocycles. The van der Waals surface area contributed by atoms with E-state index in [2.05, 4.69) is 20.8 Å². The van der Waals surface area contributed by atoms with Crippen LogP contribution in [0.25, 0.3) is 0 Å². The van der Waals surface area contributed by atoms with E-state index in [1.165, 1.54) is 0 Å². The number of rotatable bonds is 4. The van der Waals surface area contributed by atoms with Crippen LogP contribution in [-0.4, -0.2) is 55.4 Å². The predicted octanol–water partition coefficient (Wildman–Crippen LogP) is 3.19. The molecule has 6 atom stereocenters. The van der Waals surface area contributed by atoms with Gasteiger partial charge < -0.3 is 18.3 Å². The molecule has 4 saturated heterocycles. The lowest BCUT2D eigenvalue weighted by Crippen LogP contribution is -2.44. The SMILES string of the molecule is CCS[C@H]1O[C@H]2[C@H](OP3(=S)OC[C@H]2O3)[C@H]1OP1(=S)OCC(C)(C)CO1. The van der Waals surface area contributed by atoms with Gasteiger partial charge in [-0.15, -0.1) is 11.8 Å². The summed E-state index contributed by atoms with van der Waals surface area (Å²) in [6.45, 7) is 2.04. The number of fused-ring (bicyclic) bond motifs is 4. The van der Waals surface area contributed by atoms with Crippen LogP contribution < -0.4 is 0 Å². The van der Waals surface area contributed by atoms with Crippen LogP contribution in [-0.2, 0) is 55.5 Å². The molecule has 0 radical (unpaired) electrons. The molecule has 144 valence electrons. The summed E-state index contributed by atoms with van der Waals surface area (Å²) in [5.74, 6) is 0.873. The molecule has 25 heavy (non-hydrogen) atoms. The fourth-order valence-corrected chi connectivity index (χ4v) is 8.76. The monoisotopic (exact) mass is 448 g/mol. The minimum atomic E-state index is -2.85. The van der Waals surface area contributed by atoms with Crippen LogP contribution in [0.15, 0.2) is 0 Å². The molecule has 0 aromatic heterocycles. The highest BCUT2D eigenvalue weighted by atomic mass is 32.5. The van der Waals surface area contributed by atoms with Gasteiger partial charge in [-0.2, -0.15) is 0 Å². The van der Waals surface area contributed by atoms with Gasteiger partial charge in [0.15, 0.2) is 0 Å². The Balaban J connectivity index is 1.54. The second-order valence-electron chi connectivity index (χ2n) is 7.11. The lowest BCUT2D eigenvalue weighted by molar-refractivity contribution is -0.0518. The lowest BCUT2D eigenvalue weighted by Gasteiger charge is -2.38. The first-order chi connectivity index (χ1) is 11.7. The maximum absolute atomic E-state index is 6.21. The van der Waals surface area contributed by atoms with Crippen LogP contribution in [0.3, 0.4) is 0 Å². The van der Waals surface area contributed by atoms with E-state index >= 15 is 0 Å². The Bertz CT molecular complexity index is 619. The molecule has 0 amide bonds. The van der Waals surface area contributed by atoms with E-state index in [-0.39, 0.29) is 29.2 Å². The maximum atomic E-state index is 6.21. The molecule has 2 bridgehead atoms. The molecule has 0 N–H and O–H groups in total. The second kappa shape index (κ2) is 7.01. The number of hydrogen-bond donors (Lipinski definition) is 0. The molecule has 4 rings (SSSR count). The molecular formula is C13H22O7P2S3. The second-order valence-corrected chi connectivity index (χ2v) is 14.4. The summed E-state index contributed by atoms with van der Waals surface area (Å²) in [5.41, 5.74) is -0.302. The first-order valence-corrected chi connectivity index (χ1v) is 14.3. The van der Waals surface area contributed by atoms with Crippen LogP contribution in [0.4, 0.5) is 0 Å². The minimum Gasteiger partial charge on any atom is -0.356 e. The van der Waals surface area contributed by atoms with E-state index in [0.717, 1.165) is 5.75 Å². The lowest BCUT2D eigenvalue weighted by atomic mass is 9.97. The van der Waals surface area contributed by atoms with E-state index in [9.17, 15) is 0 Å². The Morgan fingerprint density at radius 2 is 1.84 bits per heavy atom. The van der Waals surface area contributed by atoms with Gasteiger partial charge in [-0.1, -0.05) is 20.8 Å². The molecular weight excluding hydrogens is 426 g/mol. The fraction of sp³-hybridized carbons (Fsp3) is 1.00. The van der Waals surface area contributed by atoms with Gasteiger partial charge in [0.25, 0.3) is 0 Å². The highest BCUT2D eigenvalue weighted by Gasteiger charge is 2.60. The van der Waals surface area contributed by atoms with Crippen LogP contribution in [0.1, 0.15) is 20.8 Å². The van der Waals surface area contributed by atoms with Crippen molar-refractivity contribution < 1.29 is 31.9 Å². The van der Waals surface area contributed by atoms with Crippen molar-refractivity contribution >= 4 is 48.8 Å². The van der Waals surface area contributed by atoms with Gasteiger partial charge in [-0.25, -0.2) is 0 Å². The van der Waals surface area contributed by atoms with Gasteiger partial charge in [0.2, 0.25) is 0 Å². The Hall–Kier alpha value is 1.37. The standard InChI is InChI=1S/C13H22O7P2S3/c1-4-25-12-11(20-21(23)15-6-13(2,3)7-16-21)10-9(17-12)8-5-14-22(24,18-8)19-10/h8-12H,4-7H2,1-3H3/t8-,9-,10+,11-,12-,22?/m1/s1. The summed E-state index contributed by atoms with van der Waals surface area (Å²) >= 11 is 12.6. The third kappa shape index (κ3) is 3.93. The first-order valence-electron chi connectivity index (χ1n) is 8.19. The zero-order chi connectivity index (χ0) is 17.9. The van der Waals surface area contributed by atoms with Crippen molar-refractivity contribution in [3.63, 3.8) is 0 Å². The third-order valence-electron chi connectivity index (χ3n) is 4.29. The van der Waals surface area contributed by atoms with E-state index in [0.29, 0.717) is 19.8 Å². The normalized spacial score (nSPS) is 47.6. The number of ether oxygens (including phenoxy) is 1. The summed E-state index contributed by atoms with van der Waals surface area (Å²) in [6, 6.07) is 0. The molecule has 4 aliphatic rings. The topological polar surface area (TPSA) is 64.6 Å². The Morgan fingerprint density at radius 1 is 1.12 bits per heavy atom. The Morgan fingerprint density at radius 3 is 2.52 bits per heavy atom. The fourth-order valence-electron chi connectivity index (χ4n) is 3.03. The van der Waals surface area contributed by atoms with Gasteiger partial charge in [-0.3, -0.25) is 13.6 Å². The zero-order valence-corrected chi connectivity index (χ0v) is 18.4. The van der Waals surface area contributed by atoms with E-state index < -0.39 is 19.5 Å². The molecule has 0 aromatic rings. The van der Waals surface area contributed by atoms with Gasteiger partial charge in [-0.05, 0) is 29.4 Å². The largest absolute Gasteiger partial charge is 0.356 e. The Labute approximate surface area is 162 Å². The molecule has 4 aliphatic heterocycles. The van der Waals surface area contributed by atoms with Gasteiger partial charge in [0.1, 0.15) is 29.9 Å². The molecule has 1 unspecified atom stereocenters. The molecule has 7 nitrogen and oxygen atoms in total. The summed E-state index contributed by atoms with van der Waals surface area (Å²) in [7, 11) is 0. The van der Waals surface area contributed by atoms with Crippen LogP contribution >= 0.6 is 25.2 Å². The predicted molar refractivity (Wildman–Crippen MR) is 102 cm³/mol. The highest BCUT2D eigenvalue weighted by Crippen LogP contribution is 2.65. The van der Waals surface area contributed by atoms with Crippen LogP contribution in [0, 0.1) is 5.41 Å². The average Bonchev–Trinajstić information content (AvgIpc) is 3.04. The van der Waals surface area contributed by atoms with Crippen molar-refractivity contribution in [3.05, 3.63) is 0 Å². The van der Waals surface area contributed by atoms with Crippen molar-refractivity contribution in [2.24, 2.45) is 5.41 Å². The van der Waals surface area contributed by atoms with Gasteiger partial charge in [0.05, 0.1) is 19.8 Å². The number of hydrogen-bond acceptors (Lipinski definition) is 10. The molecule has 4 heterocycles. The third-order valence-corrected chi connectivity index (χ3v) is 9.95. The zero-order valence-electron chi connectivity index (χ0n) is 14.2. The van der Waals surface area contributed by atoms with Crippen LogP contribution in [0.2, 0.25) is 0 Å². The Kier molecular flexibility index (Phi) is 5.52. The molecule has 0 saturated carbocycles. The van der Waals surface area contributed by atoms with Crippen molar-refractivity contribution in [1.82, 2.24) is 0 Å². The quantitative estimate of drug-likeness (QED) is 0.599. The molecule has 12 heteroatoms. The van der Waals surface area contributed by atoms with Crippen molar-refractivity contribution in [2.45, 2.75) is 50.6 Å². The van der Waals surface area contributed by atoms with Crippen LogP contribution in [0.5, 0.6) is 0 Å². The summed E-state index contributed by atoms with van der Waals surface area (Å²) in [4.78, 5) is 0. The minimum absolute atomic E-state index is 0.0731. The summed E-state index contributed by atoms with van der Waals surface area (Å²) < 4.78 is 41.3. The molecule has 0 aromatic carbocycles. The molecule has 4 fully saturated rings. The summed E-state index contributed by atoms with van der Waals surface area (Å²) in [6.07, 6.45) is -1.30. The number of thioether (sulfide) groups is 1. The van der Waals surface area contributed by atoms with Crippen molar-refractivity contribution in [2.75, 3.05) is 25.6 Å². The molecule has 0 spiro atoms. The smallest absolute Gasteiger partial charge is 0.328 e. The van der Waals surface area contributed by atoms with E-state index in [1.807, 2.05) is 0 Å².